The summed E-state index contributed by atoms with van der Waals surface area (Å²) in [6.45, 7) is 3.16. The molecule has 0 heterocycles. The SMILES string of the molecule is COc1cc(CNc2cc(Cl)ccc2C)cc(I)c1OCc1ccc(Cl)cc1. The van der Waals surface area contributed by atoms with Gasteiger partial charge in [0.15, 0.2) is 11.5 Å². The Labute approximate surface area is 189 Å². The van der Waals surface area contributed by atoms with Crippen molar-refractivity contribution in [3.63, 3.8) is 0 Å². The third-order valence-electron chi connectivity index (χ3n) is 4.27. The predicted octanol–water partition coefficient (Wildman–Crippen LogP) is 7.11. The maximum absolute atomic E-state index is 6.10. The molecule has 0 radical (unpaired) electrons. The maximum Gasteiger partial charge on any atom is 0.174 e. The maximum atomic E-state index is 6.10. The van der Waals surface area contributed by atoms with Crippen molar-refractivity contribution in [2.75, 3.05) is 12.4 Å². The van der Waals surface area contributed by atoms with Crippen LogP contribution < -0.4 is 14.8 Å². The van der Waals surface area contributed by atoms with Crippen molar-refractivity contribution < 1.29 is 9.47 Å². The first-order valence-corrected chi connectivity index (χ1v) is 10.5. The van der Waals surface area contributed by atoms with Gasteiger partial charge in [-0.15, -0.1) is 0 Å². The summed E-state index contributed by atoms with van der Waals surface area (Å²) in [7, 11) is 1.65. The average molecular weight is 528 g/mol. The van der Waals surface area contributed by atoms with Gasteiger partial charge in [-0.1, -0.05) is 41.4 Å². The second-order valence-electron chi connectivity index (χ2n) is 6.34. The summed E-state index contributed by atoms with van der Waals surface area (Å²) >= 11 is 14.3. The first kappa shape index (κ1) is 21.1. The van der Waals surface area contributed by atoms with E-state index in [1.54, 1.807) is 7.11 Å². The van der Waals surface area contributed by atoms with E-state index in [0.29, 0.717) is 28.9 Å². The van der Waals surface area contributed by atoms with Crippen molar-refractivity contribution in [1.82, 2.24) is 0 Å². The van der Waals surface area contributed by atoms with Crippen LogP contribution in [0.5, 0.6) is 11.5 Å². The number of rotatable bonds is 7. The van der Waals surface area contributed by atoms with E-state index >= 15 is 0 Å². The highest BCUT2D eigenvalue weighted by atomic mass is 127. The average Bonchev–Trinajstić information content (AvgIpc) is 2.68. The Morgan fingerprint density at radius 2 is 1.64 bits per heavy atom. The zero-order valence-electron chi connectivity index (χ0n) is 15.6. The van der Waals surface area contributed by atoms with Crippen molar-refractivity contribution in [3.05, 3.63) is 84.9 Å². The molecule has 3 rings (SSSR count). The van der Waals surface area contributed by atoms with Crippen LogP contribution in [0.25, 0.3) is 0 Å². The van der Waals surface area contributed by atoms with Crippen LogP contribution >= 0.6 is 45.8 Å². The number of nitrogens with one attached hydrogen (secondary N) is 1. The van der Waals surface area contributed by atoms with E-state index in [4.69, 9.17) is 32.7 Å². The standard InChI is InChI=1S/C22H20Cl2INO2/c1-14-3-6-18(24)11-20(14)26-12-16-9-19(25)22(21(10-16)27-2)28-13-15-4-7-17(23)8-5-15/h3-11,26H,12-13H2,1-2H3. The molecule has 0 unspecified atom stereocenters. The fourth-order valence-corrected chi connectivity index (χ4v) is 3.85. The Morgan fingerprint density at radius 3 is 2.36 bits per heavy atom. The fraction of sp³-hybridized carbons (Fsp3) is 0.182. The summed E-state index contributed by atoms with van der Waals surface area (Å²) in [6, 6.07) is 17.5. The molecule has 0 aliphatic heterocycles. The Kier molecular flexibility index (Phi) is 7.32. The van der Waals surface area contributed by atoms with Crippen LogP contribution in [0.15, 0.2) is 54.6 Å². The van der Waals surface area contributed by atoms with E-state index in [1.165, 1.54) is 0 Å². The molecule has 3 aromatic rings. The van der Waals surface area contributed by atoms with E-state index in [-0.39, 0.29) is 0 Å². The number of benzene rings is 3. The number of anilines is 1. The lowest BCUT2D eigenvalue weighted by atomic mass is 10.1. The van der Waals surface area contributed by atoms with Crippen molar-refractivity contribution in [3.8, 4) is 11.5 Å². The highest BCUT2D eigenvalue weighted by Gasteiger charge is 2.12. The molecule has 0 aliphatic carbocycles. The number of hydrogen-bond acceptors (Lipinski definition) is 3. The molecule has 0 bridgehead atoms. The van der Waals surface area contributed by atoms with Crippen LogP contribution in [0.4, 0.5) is 5.69 Å². The van der Waals surface area contributed by atoms with Gasteiger partial charge >= 0.3 is 0 Å². The van der Waals surface area contributed by atoms with Crippen molar-refractivity contribution in [2.45, 2.75) is 20.1 Å². The van der Waals surface area contributed by atoms with Gasteiger partial charge in [-0.3, -0.25) is 0 Å². The number of halogens is 3. The molecule has 0 amide bonds. The van der Waals surface area contributed by atoms with Crippen LogP contribution in [-0.2, 0) is 13.2 Å². The first-order valence-electron chi connectivity index (χ1n) is 8.70. The monoisotopic (exact) mass is 527 g/mol. The molecular weight excluding hydrogens is 508 g/mol. The number of aryl methyl sites for hydroxylation is 1. The van der Waals surface area contributed by atoms with Crippen LogP contribution in [-0.4, -0.2) is 7.11 Å². The van der Waals surface area contributed by atoms with E-state index in [9.17, 15) is 0 Å². The highest BCUT2D eigenvalue weighted by Crippen LogP contribution is 2.35. The van der Waals surface area contributed by atoms with Crippen molar-refractivity contribution >= 4 is 51.5 Å². The molecule has 0 fully saturated rings. The molecule has 0 aliphatic rings. The molecule has 3 aromatic carbocycles. The predicted molar refractivity (Wildman–Crippen MR) is 125 cm³/mol. The van der Waals surface area contributed by atoms with Crippen molar-refractivity contribution in [1.29, 1.82) is 0 Å². The summed E-state index contributed by atoms with van der Waals surface area (Å²) in [4.78, 5) is 0. The van der Waals surface area contributed by atoms with Gasteiger partial charge in [0.1, 0.15) is 6.61 Å². The molecule has 0 aromatic heterocycles. The van der Waals surface area contributed by atoms with Gasteiger partial charge in [0.05, 0.1) is 10.7 Å². The van der Waals surface area contributed by atoms with Crippen LogP contribution in [0, 0.1) is 10.5 Å². The quantitative estimate of drug-likeness (QED) is 0.332. The van der Waals surface area contributed by atoms with E-state index in [0.717, 1.165) is 31.7 Å². The lowest BCUT2D eigenvalue weighted by Crippen LogP contribution is -2.04. The van der Waals surface area contributed by atoms with Gasteiger partial charge in [0.2, 0.25) is 0 Å². The fourth-order valence-electron chi connectivity index (χ4n) is 2.73. The topological polar surface area (TPSA) is 30.5 Å². The lowest BCUT2D eigenvalue weighted by Gasteiger charge is -2.16. The van der Waals surface area contributed by atoms with Gasteiger partial charge in [0.25, 0.3) is 0 Å². The van der Waals surface area contributed by atoms with E-state index in [1.807, 2.05) is 48.5 Å². The highest BCUT2D eigenvalue weighted by molar-refractivity contribution is 14.1. The zero-order chi connectivity index (χ0) is 20.1. The molecule has 0 atom stereocenters. The largest absolute Gasteiger partial charge is 0.493 e. The Morgan fingerprint density at radius 1 is 0.929 bits per heavy atom. The van der Waals surface area contributed by atoms with Crippen LogP contribution in [0.3, 0.4) is 0 Å². The van der Waals surface area contributed by atoms with E-state index in [2.05, 4.69) is 40.9 Å². The second-order valence-corrected chi connectivity index (χ2v) is 8.37. The van der Waals surface area contributed by atoms with Crippen LogP contribution in [0.1, 0.15) is 16.7 Å². The lowest BCUT2D eigenvalue weighted by molar-refractivity contribution is 0.282. The molecule has 0 saturated carbocycles. The molecule has 28 heavy (non-hydrogen) atoms. The Balaban J connectivity index is 1.73. The molecule has 6 heteroatoms. The van der Waals surface area contributed by atoms with Gasteiger partial charge in [0, 0.05) is 22.3 Å². The molecule has 0 saturated heterocycles. The molecule has 0 spiro atoms. The molecule has 146 valence electrons. The van der Waals surface area contributed by atoms with Gasteiger partial charge < -0.3 is 14.8 Å². The number of methoxy groups -OCH3 is 1. The minimum absolute atomic E-state index is 0.447. The van der Waals surface area contributed by atoms with Crippen molar-refractivity contribution in [2.24, 2.45) is 0 Å². The minimum Gasteiger partial charge on any atom is -0.493 e. The molecule has 1 N–H and O–H groups in total. The third-order valence-corrected chi connectivity index (χ3v) is 5.56. The minimum atomic E-state index is 0.447. The summed E-state index contributed by atoms with van der Waals surface area (Å²) in [5.41, 5.74) is 4.31. The summed E-state index contributed by atoms with van der Waals surface area (Å²) in [6.07, 6.45) is 0. The van der Waals surface area contributed by atoms with Crippen LogP contribution in [0.2, 0.25) is 10.0 Å². The summed E-state index contributed by atoms with van der Waals surface area (Å²) < 4.78 is 12.6. The molecule has 3 nitrogen and oxygen atoms in total. The normalized spacial score (nSPS) is 10.6. The Bertz CT molecular complexity index is 961. The third kappa shape index (κ3) is 5.46. The number of hydrogen-bond donors (Lipinski definition) is 1. The smallest absolute Gasteiger partial charge is 0.174 e. The zero-order valence-corrected chi connectivity index (χ0v) is 19.2. The van der Waals surface area contributed by atoms with E-state index < -0.39 is 0 Å². The molecular formula is C22H20Cl2INO2. The van der Waals surface area contributed by atoms with Gasteiger partial charge in [-0.05, 0) is 82.6 Å². The second kappa shape index (κ2) is 9.72. The van der Waals surface area contributed by atoms with Gasteiger partial charge in [-0.2, -0.15) is 0 Å². The summed E-state index contributed by atoms with van der Waals surface area (Å²) in [5, 5.41) is 4.86. The first-order chi connectivity index (χ1) is 13.5. The summed E-state index contributed by atoms with van der Waals surface area (Å²) in [5.74, 6) is 1.45. The Hall–Kier alpha value is -1.63. The van der Waals surface area contributed by atoms with Gasteiger partial charge in [-0.25, -0.2) is 0 Å². The number of ether oxygens (including phenoxy) is 2.